The fraction of sp³-hybridized carbons (Fsp3) is 0.0526. The number of aromatic nitrogens is 1. The van der Waals surface area contributed by atoms with E-state index in [9.17, 15) is 9.59 Å². The molecule has 0 aliphatic carbocycles. The smallest absolute Gasteiger partial charge is 0.380 e. The van der Waals surface area contributed by atoms with E-state index >= 15 is 0 Å². The summed E-state index contributed by atoms with van der Waals surface area (Å²) in [5, 5.41) is 2.05. The molecule has 1 N–H and O–H groups in total. The number of furan rings is 1. The number of aromatic amines is 1. The van der Waals surface area contributed by atoms with Crippen LogP contribution >= 0.6 is 0 Å². The highest BCUT2D eigenvalue weighted by atomic mass is 16.5. The van der Waals surface area contributed by atoms with E-state index in [-0.39, 0.29) is 16.7 Å². The van der Waals surface area contributed by atoms with Crippen LogP contribution in [-0.4, -0.2) is 12.1 Å². The SMILES string of the molecule is COc1ccc2[nH]c(=O)c3c(oc(=O)c4oc5ccccc5c43)c2c1. The maximum Gasteiger partial charge on any atom is 0.380 e. The molecule has 3 aromatic heterocycles. The monoisotopic (exact) mass is 333 g/mol. The second-order valence-electron chi connectivity index (χ2n) is 5.76. The Morgan fingerprint density at radius 3 is 2.60 bits per heavy atom. The molecule has 5 aromatic rings. The number of ether oxygens (including phenoxy) is 1. The van der Waals surface area contributed by atoms with Crippen molar-refractivity contribution in [3.05, 3.63) is 63.2 Å². The standard InChI is InChI=1S/C19H11NO5/c1-23-9-6-7-12-11(8-9)16-15(18(21)20-12)14-10-4-2-3-5-13(10)24-17(14)19(22)25-16/h2-8H,1H3,(H,20,21). The molecule has 0 bridgehead atoms. The van der Waals surface area contributed by atoms with Crippen molar-refractivity contribution in [1.29, 1.82) is 0 Å². The predicted molar refractivity (Wildman–Crippen MR) is 94.4 cm³/mol. The van der Waals surface area contributed by atoms with Gasteiger partial charge in [-0.3, -0.25) is 4.79 Å². The Morgan fingerprint density at radius 1 is 0.920 bits per heavy atom. The lowest BCUT2D eigenvalue weighted by molar-refractivity contribution is 0.415. The number of benzene rings is 2. The summed E-state index contributed by atoms with van der Waals surface area (Å²) < 4.78 is 16.3. The lowest BCUT2D eigenvalue weighted by Gasteiger charge is -2.05. The van der Waals surface area contributed by atoms with Gasteiger partial charge in [-0.25, -0.2) is 4.79 Å². The number of hydrogen-bond donors (Lipinski definition) is 1. The summed E-state index contributed by atoms with van der Waals surface area (Å²) in [7, 11) is 1.55. The normalized spacial score (nSPS) is 11.7. The highest BCUT2D eigenvalue weighted by molar-refractivity contribution is 6.20. The molecule has 0 atom stereocenters. The fourth-order valence-corrected chi connectivity index (χ4v) is 3.28. The van der Waals surface area contributed by atoms with Crippen molar-refractivity contribution >= 4 is 43.8 Å². The van der Waals surface area contributed by atoms with Crippen molar-refractivity contribution in [3.63, 3.8) is 0 Å². The Balaban J connectivity index is 2.15. The fourth-order valence-electron chi connectivity index (χ4n) is 3.28. The predicted octanol–water partition coefficient (Wildman–Crippen LogP) is 3.54. The summed E-state index contributed by atoms with van der Waals surface area (Å²) in [6.45, 7) is 0. The quantitative estimate of drug-likeness (QED) is 0.474. The van der Waals surface area contributed by atoms with Crippen molar-refractivity contribution < 1.29 is 13.6 Å². The van der Waals surface area contributed by atoms with Gasteiger partial charge in [0.2, 0.25) is 5.58 Å². The van der Waals surface area contributed by atoms with Crippen LogP contribution < -0.4 is 15.9 Å². The maximum atomic E-state index is 12.7. The molecule has 2 aromatic carbocycles. The molecule has 0 radical (unpaired) electrons. The molecule has 0 saturated carbocycles. The van der Waals surface area contributed by atoms with Gasteiger partial charge in [0.25, 0.3) is 5.56 Å². The number of hydrogen-bond acceptors (Lipinski definition) is 5. The first-order valence-electron chi connectivity index (χ1n) is 7.65. The van der Waals surface area contributed by atoms with Crippen LogP contribution in [0.2, 0.25) is 0 Å². The van der Waals surface area contributed by atoms with Gasteiger partial charge in [0.15, 0.2) is 5.58 Å². The minimum atomic E-state index is -0.617. The number of methoxy groups -OCH3 is 1. The van der Waals surface area contributed by atoms with Crippen LogP contribution in [0.3, 0.4) is 0 Å². The van der Waals surface area contributed by atoms with Crippen LogP contribution in [0, 0.1) is 0 Å². The van der Waals surface area contributed by atoms with Crippen molar-refractivity contribution in [2.75, 3.05) is 7.11 Å². The van der Waals surface area contributed by atoms with Crippen molar-refractivity contribution in [2.45, 2.75) is 0 Å². The second-order valence-corrected chi connectivity index (χ2v) is 5.76. The molecule has 0 aliphatic rings. The van der Waals surface area contributed by atoms with Gasteiger partial charge in [-0.15, -0.1) is 0 Å². The number of rotatable bonds is 1. The molecule has 5 rings (SSSR count). The molecule has 6 heteroatoms. The van der Waals surface area contributed by atoms with E-state index in [1.54, 1.807) is 37.4 Å². The lowest BCUT2D eigenvalue weighted by Crippen LogP contribution is -2.10. The third-order valence-corrected chi connectivity index (χ3v) is 4.40. The van der Waals surface area contributed by atoms with E-state index in [0.29, 0.717) is 38.4 Å². The number of H-pyrrole nitrogens is 1. The molecule has 6 nitrogen and oxygen atoms in total. The van der Waals surface area contributed by atoms with Gasteiger partial charge < -0.3 is 18.6 Å². The molecule has 0 unspecified atom stereocenters. The molecule has 122 valence electrons. The summed E-state index contributed by atoms with van der Waals surface area (Å²) in [4.78, 5) is 28.0. The van der Waals surface area contributed by atoms with E-state index in [0.717, 1.165) is 0 Å². The summed E-state index contributed by atoms with van der Waals surface area (Å²) in [6, 6.07) is 12.4. The topological polar surface area (TPSA) is 85.4 Å². The van der Waals surface area contributed by atoms with Crippen molar-refractivity contribution in [1.82, 2.24) is 4.98 Å². The third-order valence-electron chi connectivity index (χ3n) is 4.40. The first-order chi connectivity index (χ1) is 12.2. The van der Waals surface area contributed by atoms with E-state index in [1.165, 1.54) is 0 Å². The van der Waals surface area contributed by atoms with Crippen molar-refractivity contribution in [2.24, 2.45) is 0 Å². The number of pyridine rings is 1. The summed E-state index contributed by atoms with van der Waals surface area (Å²) in [5.74, 6) is 0.598. The largest absolute Gasteiger partial charge is 0.497 e. The van der Waals surface area contributed by atoms with Crippen LogP contribution in [0.5, 0.6) is 5.75 Å². The average Bonchev–Trinajstić information content (AvgIpc) is 3.02. The molecule has 3 heterocycles. The summed E-state index contributed by atoms with van der Waals surface area (Å²) >= 11 is 0. The molecule has 0 saturated heterocycles. The minimum absolute atomic E-state index is 0.0430. The highest BCUT2D eigenvalue weighted by Crippen LogP contribution is 2.33. The Kier molecular flexibility index (Phi) is 2.62. The Hall–Kier alpha value is -3.54. The first-order valence-corrected chi connectivity index (χ1v) is 7.65. The van der Waals surface area contributed by atoms with Gasteiger partial charge in [-0.2, -0.15) is 0 Å². The lowest BCUT2D eigenvalue weighted by atomic mass is 10.1. The molecular weight excluding hydrogens is 322 g/mol. The van der Waals surface area contributed by atoms with Crippen LogP contribution in [0.4, 0.5) is 0 Å². The Bertz CT molecular complexity index is 1420. The minimum Gasteiger partial charge on any atom is -0.497 e. The summed E-state index contributed by atoms with van der Waals surface area (Å²) in [5.41, 5.74) is 0.403. The number of nitrogens with one attached hydrogen (secondary N) is 1. The van der Waals surface area contributed by atoms with Crippen LogP contribution in [0.25, 0.3) is 43.8 Å². The zero-order valence-electron chi connectivity index (χ0n) is 13.1. The Morgan fingerprint density at radius 2 is 1.76 bits per heavy atom. The van der Waals surface area contributed by atoms with Crippen molar-refractivity contribution in [3.8, 4) is 5.75 Å². The van der Waals surface area contributed by atoms with Gasteiger partial charge >= 0.3 is 5.63 Å². The van der Waals surface area contributed by atoms with E-state index in [2.05, 4.69) is 4.98 Å². The molecule has 25 heavy (non-hydrogen) atoms. The van der Waals surface area contributed by atoms with Crippen LogP contribution in [0.1, 0.15) is 0 Å². The molecule has 0 aliphatic heterocycles. The molecule has 0 amide bonds. The van der Waals surface area contributed by atoms with E-state index in [1.807, 2.05) is 12.1 Å². The van der Waals surface area contributed by atoms with E-state index < -0.39 is 5.63 Å². The van der Waals surface area contributed by atoms with Crippen LogP contribution in [-0.2, 0) is 0 Å². The molecular formula is C19H11NO5. The molecule has 0 spiro atoms. The van der Waals surface area contributed by atoms with Gasteiger partial charge in [0.1, 0.15) is 11.3 Å². The van der Waals surface area contributed by atoms with Gasteiger partial charge in [0.05, 0.1) is 23.4 Å². The highest BCUT2D eigenvalue weighted by Gasteiger charge is 2.20. The third kappa shape index (κ3) is 1.79. The van der Waals surface area contributed by atoms with Gasteiger partial charge in [0, 0.05) is 10.8 Å². The average molecular weight is 333 g/mol. The summed E-state index contributed by atoms with van der Waals surface area (Å²) in [6.07, 6.45) is 0. The van der Waals surface area contributed by atoms with Crippen LogP contribution in [0.15, 0.2) is 60.9 Å². The Labute approximate surface area is 139 Å². The first kappa shape index (κ1) is 13.9. The van der Waals surface area contributed by atoms with Gasteiger partial charge in [-0.05, 0) is 24.3 Å². The number of fused-ring (bicyclic) bond motifs is 7. The van der Waals surface area contributed by atoms with E-state index in [4.69, 9.17) is 13.6 Å². The number of para-hydroxylation sites is 1. The maximum absolute atomic E-state index is 12.7. The van der Waals surface area contributed by atoms with Gasteiger partial charge in [-0.1, -0.05) is 18.2 Å². The zero-order chi connectivity index (χ0) is 17.1. The zero-order valence-corrected chi connectivity index (χ0v) is 13.1. The molecule has 0 fully saturated rings. The second kappa shape index (κ2) is 4.73.